The number of amides is 1. The number of benzene rings is 1. The van der Waals surface area contributed by atoms with Crippen molar-refractivity contribution in [1.29, 1.82) is 0 Å². The Morgan fingerprint density at radius 3 is 2.84 bits per heavy atom. The van der Waals surface area contributed by atoms with Crippen LogP contribution in [0.5, 0.6) is 0 Å². The Hall–Kier alpha value is -2.31. The fourth-order valence-electron chi connectivity index (χ4n) is 3.13. The Morgan fingerprint density at radius 1 is 1.28 bits per heavy atom. The number of fused-ring (bicyclic) bond motifs is 1. The summed E-state index contributed by atoms with van der Waals surface area (Å²) in [6, 6.07) is 8.41. The number of nitrogens with one attached hydrogen (secondary N) is 1. The lowest BCUT2D eigenvalue weighted by Crippen LogP contribution is -2.42. The molecule has 1 aromatic heterocycles. The summed E-state index contributed by atoms with van der Waals surface area (Å²) in [7, 11) is 0. The molecule has 3 rings (SSSR count). The SMILES string of the molecule is Cc1ncnc(C(=O)NC[C@H](O)CN2CCc3ccccc3C2)c1C. The number of rotatable bonds is 5. The maximum atomic E-state index is 12.3. The molecule has 0 unspecified atom stereocenters. The fraction of sp³-hybridized carbons (Fsp3) is 0.421. The number of hydrogen-bond acceptors (Lipinski definition) is 5. The minimum Gasteiger partial charge on any atom is -0.390 e. The molecular formula is C19H24N4O2. The minimum absolute atomic E-state index is 0.208. The molecule has 25 heavy (non-hydrogen) atoms. The molecule has 6 heteroatoms. The maximum Gasteiger partial charge on any atom is 0.270 e. The molecule has 1 aliphatic heterocycles. The van der Waals surface area contributed by atoms with E-state index in [1.807, 2.05) is 19.9 Å². The fourth-order valence-corrected chi connectivity index (χ4v) is 3.13. The monoisotopic (exact) mass is 340 g/mol. The van der Waals surface area contributed by atoms with Crippen LogP contribution in [0.2, 0.25) is 0 Å². The van der Waals surface area contributed by atoms with Crippen LogP contribution in [0.4, 0.5) is 0 Å². The van der Waals surface area contributed by atoms with Crippen LogP contribution in [0.1, 0.15) is 32.9 Å². The van der Waals surface area contributed by atoms with E-state index in [4.69, 9.17) is 0 Å². The Bertz CT molecular complexity index is 763. The molecule has 1 aromatic carbocycles. The highest BCUT2D eigenvalue weighted by Crippen LogP contribution is 2.18. The van der Waals surface area contributed by atoms with E-state index in [-0.39, 0.29) is 12.5 Å². The second-order valence-corrected chi connectivity index (χ2v) is 6.55. The van der Waals surface area contributed by atoms with E-state index in [0.717, 1.165) is 30.8 Å². The van der Waals surface area contributed by atoms with Crippen molar-refractivity contribution in [1.82, 2.24) is 20.2 Å². The third-order valence-corrected chi connectivity index (χ3v) is 4.73. The van der Waals surface area contributed by atoms with E-state index < -0.39 is 6.10 Å². The highest BCUT2D eigenvalue weighted by atomic mass is 16.3. The number of β-amino-alcohol motifs (C(OH)–C–C–N with tert-alkyl or cyclic N) is 1. The largest absolute Gasteiger partial charge is 0.390 e. The van der Waals surface area contributed by atoms with Gasteiger partial charge in [-0.1, -0.05) is 24.3 Å². The smallest absolute Gasteiger partial charge is 0.270 e. The number of aliphatic hydroxyl groups is 1. The lowest BCUT2D eigenvalue weighted by Gasteiger charge is -2.30. The third-order valence-electron chi connectivity index (χ3n) is 4.73. The van der Waals surface area contributed by atoms with Gasteiger partial charge in [0, 0.05) is 37.4 Å². The molecule has 2 N–H and O–H groups in total. The number of nitrogens with zero attached hydrogens (tertiary/aromatic N) is 3. The van der Waals surface area contributed by atoms with Gasteiger partial charge in [0.05, 0.1) is 6.10 Å². The van der Waals surface area contributed by atoms with Crippen molar-refractivity contribution < 1.29 is 9.90 Å². The summed E-state index contributed by atoms with van der Waals surface area (Å²) in [5.41, 5.74) is 4.62. The van der Waals surface area contributed by atoms with Crippen molar-refractivity contribution in [2.45, 2.75) is 32.9 Å². The van der Waals surface area contributed by atoms with Gasteiger partial charge in [0.1, 0.15) is 12.0 Å². The quantitative estimate of drug-likeness (QED) is 0.856. The molecule has 0 fully saturated rings. The maximum absolute atomic E-state index is 12.3. The van der Waals surface area contributed by atoms with Crippen LogP contribution in [0.15, 0.2) is 30.6 Å². The Kier molecular flexibility index (Phi) is 5.40. The molecule has 2 aromatic rings. The number of aryl methyl sites for hydroxylation is 1. The molecule has 1 aliphatic rings. The summed E-state index contributed by atoms with van der Waals surface area (Å²) in [6.07, 6.45) is 1.77. The molecule has 2 heterocycles. The summed E-state index contributed by atoms with van der Waals surface area (Å²) in [5.74, 6) is -0.272. The number of carbonyl (C=O) groups is 1. The number of carbonyl (C=O) groups excluding carboxylic acids is 1. The molecular weight excluding hydrogens is 316 g/mol. The minimum atomic E-state index is -0.613. The van der Waals surface area contributed by atoms with Crippen LogP contribution in [-0.2, 0) is 13.0 Å². The van der Waals surface area contributed by atoms with E-state index in [0.29, 0.717) is 12.2 Å². The molecule has 0 bridgehead atoms. The van der Waals surface area contributed by atoms with Gasteiger partial charge in [0.25, 0.3) is 5.91 Å². The zero-order chi connectivity index (χ0) is 17.8. The average Bonchev–Trinajstić information content (AvgIpc) is 2.62. The molecule has 1 atom stereocenters. The van der Waals surface area contributed by atoms with Crippen molar-refractivity contribution in [3.63, 3.8) is 0 Å². The van der Waals surface area contributed by atoms with Gasteiger partial charge < -0.3 is 10.4 Å². The van der Waals surface area contributed by atoms with Gasteiger partial charge >= 0.3 is 0 Å². The van der Waals surface area contributed by atoms with E-state index >= 15 is 0 Å². The first-order valence-corrected chi connectivity index (χ1v) is 8.58. The van der Waals surface area contributed by atoms with Gasteiger partial charge in [0.15, 0.2) is 0 Å². The van der Waals surface area contributed by atoms with Gasteiger partial charge in [-0.05, 0) is 31.4 Å². The zero-order valence-corrected chi connectivity index (χ0v) is 14.7. The second kappa shape index (κ2) is 7.72. The van der Waals surface area contributed by atoms with Gasteiger partial charge in [-0.25, -0.2) is 9.97 Å². The van der Waals surface area contributed by atoms with Gasteiger partial charge in [-0.2, -0.15) is 0 Å². The van der Waals surface area contributed by atoms with E-state index in [2.05, 4.69) is 38.4 Å². The predicted octanol–water partition coefficient (Wildman–Crippen LogP) is 1.24. The van der Waals surface area contributed by atoms with Crippen LogP contribution in [0.3, 0.4) is 0 Å². The molecule has 0 saturated heterocycles. The first kappa shape index (κ1) is 17.5. The van der Waals surface area contributed by atoms with Crippen LogP contribution in [-0.4, -0.2) is 51.6 Å². The first-order valence-electron chi connectivity index (χ1n) is 8.58. The van der Waals surface area contributed by atoms with Crippen LogP contribution in [0, 0.1) is 13.8 Å². The molecule has 0 spiro atoms. The molecule has 1 amide bonds. The Morgan fingerprint density at radius 2 is 2.04 bits per heavy atom. The first-order chi connectivity index (χ1) is 12.0. The second-order valence-electron chi connectivity index (χ2n) is 6.55. The van der Waals surface area contributed by atoms with E-state index in [1.54, 1.807) is 0 Å². The Balaban J connectivity index is 1.51. The number of hydrogen-bond donors (Lipinski definition) is 2. The van der Waals surface area contributed by atoms with Crippen molar-refractivity contribution in [2.75, 3.05) is 19.6 Å². The van der Waals surface area contributed by atoms with Crippen LogP contribution < -0.4 is 5.32 Å². The molecule has 6 nitrogen and oxygen atoms in total. The molecule has 0 saturated carbocycles. The number of aliphatic hydroxyl groups excluding tert-OH is 1. The van der Waals surface area contributed by atoms with Gasteiger partial charge in [-0.15, -0.1) is 0 Å². The summed E-state index contributed by atoms with van der Waals surface area (Å²) in [4.78, 5) is 22.6. The molecule has 132 valence electrons. The van der Waals surface area contributed by atoms with Crippen LogP contribution >= 0.6 is 0 Å². The topological polar surface area (TPSA) is 78.3 Å². The predicted molar refractivity (Wildman–Crippen MR) is 95.3 cm³/mol. The Labute approximate surface area is 147 Å². The summed E-state index contributed by atoms with van der Waals surface area (Å²) >= 11 is 0. The normalized spacial score (nSPS) is 15.5. The molecule has 0 aliphatic carbocycles. The average molecular weight is 340 g/mol. The van der Waals surface area contributed by atoms with Crippen molar-refractivity contribution in [3.05, 3.63) is 58.7 Å². The van der Waals surface area contributed by atoms with Crippen molar-refractivity contribution in [3.8, 4) is 0 Å². The van der Waals surface area contributed by atoms with Crippen molar-refractivity contribution >= 4 is 5.91 Å². The van der Waals surface area contributed by atoms with Crippen molar-refractivity contribution in [2.24, 2.45) is 0 Å². The number of aromatic nitrogens is 2. The highest BCUT2D eigenvalue weighted by Gasteiger charge is 2.19. The van der Waals surface area contributed by atoms with Gasteiger partial charge in [-0.3, -0.25) is 9.69 Å². The van der Waals surface area contributed by atoms with Crippen LogP contribution in [0.25, 0.3) is 0 Å². The summed E-state index contributed by atoms with van der Waals surface area (Å²) < 4.78 is 0. The standard InChI is InChI=1S/C19H24N4O2/c1-13-14(2)21-12-22-18(13)19(25)20-9-17(24)11-23-8-7-15-5-3-4-6-16(15)10-23/h3-6,12,17,24H,7-11H2,1-2H3,(H,20,25)/t17-/m0/s1. The summed E-state index contributed by atoms with van der Waals surface area (Å²) in [6.45, 7) is 6.18. The summed E-state index contributed by atoms with van der Waals surface area (Å²) in [5, 5.41) is 13.0. The molecule has 0 radical (unpaired) electrons. The zero-order valence-electron chi connectivity index (χ0n) is 14.7. The van der Waals surface area contributed by atoms with E-state index in [1.165, 1.54) is 17.5 Å². The third kappa shape index (κ3) is 4.21. The van der Waals surface area contributed by atoms with E-state index in [9.17, 15) is 9.90 Å². The lowest BCUT2D eigenvalue weighted by molar-refractivity contribution is 0.0837. The lowest BCUT2D eigenvalue weighted by atomic mass is 10.00. The highest BCUT2D eigenvalue weighted by molar-refractivity contribution is 5.93. The van der Waals surface area contributed by atoms with Gasteiger partial charge in [0.2, 0.25) is 0 Å².